The lowest BCUT2D eigenvalue weighted by Crippen LogP contribution is -2.45. The van der Waals surface area contributed by atoms with Gasteiger partial charge in [-0.1, -0.05) is 30.3 Å². The Morgan fingerprint density at radius 2 is 1.63 bits per heavy atom. The Hall–Kier alpha value is -1.80. The van der Waals surface area contributed by atoms with Gasteiger partial charge in [-0.05, 0) is 5.56 Å². The molecule has 0 atom stereocenters. The molecule has 4 rings (SSSR count). The van der Waals surface area contributed by atoms with Crippen LogP contribution in [0.4, 0.5) is 0 Å². The van der Waals surface area contributed by atoms with E-state index in [-0.39, 0.29) is 5.91 Å². The number of ether oxygens (including phenoxy) is 1. The first-order chi connectivity index (χ1) is 13.3. The smallest absolute Gasteiger partial charge is 0.273 e. The summed E-state index contributed by atoms with van der Waals surface area (Å²) in [5.74, 6) is 0.0356. The van der Waals surface area contributed by atoms with Gasteiger partial charge in [0.15, 0.2) is 0 Å². The van der Waals surface area contributed by atoms with Crippen molar-refractivity contribution in [1.82, 2.24) is 19.7 Å². The fourth-order valence-corrected chi connectivity index (χ4v) is 4.36. The van der Waals surface area contributed by atoms with E-state index in [0.717, 1.165) is 44.3 Å². The van der Waals surface area contributed by atoms with Crippen LogP contribution in [0.1, 0.15) is 21.1 Å². The van der Waals surface area contributed by atoms with E-state index in [9.17, 15) is 4.79 Å². The summed E-state index contributed by atoms with van der Waals surface area (Å²) in [7, 11) is 0. The predicted octanol–water partition coefficient (Wildman–Crippen LogP) is 1.93. The highest BCUT2D eigenvalue weighted by molar-refractivity contribution is 7.09. The van der Waals surface area contributed by atoms with Crippen LogP contribution < -0.4 is 0 Å². The summed E-state index contributed by atoms with van der Waals surface area (Å²) >= 11 is 1.59. The van der Waals surface area contributed by atoms with Gasteiger partial charge in [-0.2, -0.15) is 0 Å². The Balaban J connectivity index is 1.26. The summed E-state index contributed by atoms with van der Waals surface area (Å²) in [4.78, 5) is 23.9. The van der Waals surface area contributed by atoms with E-state index in [4.69, 9.17) is 4.74 Å². The third-order valence-corrected chi connectivity index (χ3v) is 5.98. The average molecular weight is 387 g/mol. The molecule has 0 radical (unpaired) electrons. The molecule has 0 spiro atoms. The minimum absolute atomic E-state index is 0.0356. The van der Waals surface area contributed by atoms with Gasteiger partial charge < -0.3 is 9.64 Å². The molecule has 0 aliphatic carbocycles. The van der Waals surface area contributed by atoms with Gasteiger partial charge in [0.25, 0.3) is 5.91 Å². The number of hydrogen-bond donors (Lipinski definition) is 0. The van der Waals surface area contributed by atoms with Crippen LogP contribution in [0.2, 0.25) is 0 Å². The molecule has 0 bridgehead atoms. The molecular formula is C20H26N4O2S. The van der Waals surface area contributed by atoms with Crippen molar-refractivity contribution >= 4 is 17.2 Å². The molecule has 6 nitrogen and oxygen atoms in total. The number of carbonyl (C=O) groups excluding carboxylic acids is 1. The van der Waals surface area contributed by atoms with Crippen molar-refractivity contribution in [3.63, 3.8) is 0 Å². The third kappa shape index (κ3) is 4.93. The second-order valence-electron chi connectivity index (χ2n) is 7.07. The Morgan fingerprint density at radius 1 is 0.963 bits per heavy atom. The normalized spacial score (nSPS) is 19.3. The van der Waals surface area contributed by atoms with Gasteiger partial charge >= 0.3 is 0 Å². The van der Waals surface area contributed by atoms with Crippen molar-refractivity contribution in [2.45, 2.75) is 13.1 Å². The summed E-state index contributed by atoms with van der Waals surface area (Å²) < 4.78 is 5.32. The van der Waals surface area contributed by atoms with E-state index < -0.39 is 0 Å². The summed E-state index contributed by atoms with van der Waals surface area (Å²) in [5, 5.41) is 2.93. The number of nitrogens with zero attached hydrogens (tertiary/aromatic N) is 4. The summed E-state index contributed by atoms with van der Waals surface area (Å²) in [6.07, 6.45) is 0. The summed E-state index contributed by atoms with van der Waals surface area (Å²) in [6, 6.07) is 10.6. The van der Waals surface area contributed by atoms with Crippen LogP contribution in [0.5, 0.6) is 0 Å². The van der Waals surface area contributed by atoms with Gasteiger partial charge in [0.2, 0.25) is 0 Å². The summed E-state index contributed by atoms with van der Waals surface area (Å²) in [6.45, 7) is 8.64. The lowest BCUT2D eigenvalue weighted by atomic mass is 10.2. The van der Waals surface area contributed by atoms with E-state index in [1.807, 2.05) is 10.3 Å². The Labute approximate surface area is 164 Å². The molecule has 2 saturated heterocycles. The van der Waals surface area contributed by atoms with E-state index in [1.54, 1.807) is 11.3 Å². The van der Waals surface area contributed by atoms with Crippen LogP contribution >= 0.6 is 11.3 Å². The minimum Gasteiger partial charge on any atom is -0.378 e. The number of thiazole rings is 1. The Bertz CT molecular complexity index is 737. The molecule has 2 aliphatic rings. The number of benzene rings is 1. The maximum Gasteiger partial charge on any atom is 0.273 e. The molecule has 0 saturated carbocycles. The Kier molecular flexibility index (Phi) is 6.14. The second kappa shape index (κ2) is 8.93. The second-order valence-corrected chi connectivity index (χ2v) is 8.01. The zero-order chi connectivity index (χ0) is 18.5. The maximum atomic E-state index is 12.5. The number of amides is 1. The van der Waals surface area contributed by atoms with Gasteiger partial charge in [0.1, 0.15) is 10.7 Å². The van der Waals surface area contributed by atoms with Crippen LogP contribution in [0, 0.1) is 0 Å². The number of piperazine rings is 1. The van der Waals surface area contributed by atoms with E-state index >= 15 is 0 Å². The monoisotopic (exact) mass is 386 g/mol. The van der Waals surface area contributed by atoms with Crippen molar-refractivity contribution in [3.05, 3.63) is 52.0 Å². The zero-order valence-corrected chi connectivity index (χ0v) is 16.4. The van der Waals surface area contributed by atoms with Crippen LogP contribution in [0.25, 0.3) is 0 Å². The molecule has 27 heavy (non-hydrogen) atoms. The molecule has 2 fully saturated rings. The van der Waals surface area contributed by atoms with Gasteiger partial charge in [0.05, 0.1) is 19.8 Å². The predicted molar refractivity (Wildman–Crippen MR) is 106 cm³/mol. The van der Waals surface area contributed by atoms with Gasteiger partial charge in [-0.25, -0.2) is 4.98 Å². The number of morpholine rings is 1. The van der Waals surface area contributed by atoms with Crippen LogP contribution in [-0.2, 0) is 17.8 Å². The third-order valence-electron chi connectivity index (χ3n) is 5.14. The molecule has 2 aromatic rings. The lowest BCUT2D eigenvalue weighted by Gasteiger charge is -2.34. The molecule has 3 heterocycles. The molecule has 2 aliphatic heterocycles. The fraction of sp³-hybridized carbons (Fsp3) is 0.500. The standard InChI is InChI=1S/C20H26N4O2S/c25-20(24-10-12-26-13-11-24)18-16-27-19(21-18)15-23-8-6-22(7-9-23)14-17-4-2-1-3-5-17/h1-5,16H,6-15H2. The largest absolute Gasteiger partial charge is 0.378 e. The molecule has 0 N–H and O–H groups in total. The topological polar surface area (TPSA) is 48.9 Å². The molecule has 7 heteroatoms. The van der Waals surface area contributed by atoms with Crippen molar-refractivity contribution in [1.29, 1.82) is 0 Å². The molecule has 1 amide bonds. The minimum atomic E-state index is 0.0356. The number of carbonyl (C=O) groups is 1. The van der Waals surface area contributed by atoms with Gasteiger partial charge in [0, 0.05) is 51.2 Å². The van der Waals surface area contributed by atoms with Gasteiger partial charge in [-0.3, -0.25) is 14.6 Å². The first kappa shape index (κ1) is 18.6. The van der Waals surface area contributed by atoms with Crippen molar-refractivity contribution in [2.24, 2.45) is 0 Å². The molecular weight excluding hydrogens is 360 g/mol. The summed E-state index contributed by atoms with van der Waals surface area (Å²) in [5.41, 5.74) is 1.96. The number of rotatable bonds is 5. The molecule has 1 aromatic carbocycles. The highest BCUT2D eigenvalue weighted by atomic mass is 32.1. The highest BCUT2D eigenvalue weighted by Crippen LogP contribution is 2.16. The van der Waals surface area contributed by atoms with E-state index in [2.05, 4.69) is 45.1 Å². The number of hydrogen-bond acceptors (Lipinski definition) is 6. The first-order valence-electron chi connectivity index (χ1n) is 9.58. The molecule has 1 aromatic heterocycles. The highest BCUT2D eigenvalue weighted by Gasteiger charge is 2.22. The maximum absolute atomic E-state index is 12.5. The first-order valence-corrected chi connectivity index (χ1v) is 10.5. The van der Waals surface area contributed by atoms with Crippen LogP contribution in [0.3, 0.4) is 0 Å². The van der Waals surface area contributed by atoms with Gasteiger partial charge in [-0.15, -0.1) is 11.3 Å². The fourth-order valence-electron chi connectivity index (χ4n) is 3.55. The van der Waals surface area contributed by atoms with Crippen LogP contribution in [0.15, 0.2) is 35.7 Å². The quantitative estimate of drug-likeness (QED) is 0.786. The van der Waals surface area contributed by atoms with E-state index in [1.165, 1.54) is 5.56 Å². The molecule has 0 unspecified atom stereocenters. The Morgan fingerprint density at radius 3 is 2.33 bits per heavy atom. The average Bonchev–Trinajstić information content (AvgIpc) is 3.19. The molecule has 144 valence electrons. The lowest BCUT2D eigenvalue weighted by molar-refractivity contribution is 0.0299. The SMILES string of the molecule is O=C(c1csc(CN2CCN(Cc3ccccc3)CC2)n1)N1CCOCC1. The van der Waals surface area contributed by atoms with Crippen molar-refractivity contribution in [3.8, 4) is 0 Å². The van der Waals surface area contributed by atoms with Crippen molar-refractivity contribution in [2.75, 3.05) is 52.5 Å². The van der Waals surface area contributed by atoms with Crippen LogP contribution in [-0.4, -0.2) is 78.1 Å². The number of aromatic nitrogens is 1. The zero-order valence-electron chi connectivity index (χ0n) is 15.5. The van der Waals surface area contributed by atoms with Crippen molar-refractivity contribution < 1.29 is 9.53 Å². The van der Waals surface area contributed by atoms with E-state index in [0.29, 0.717) is 32.0 Å².